The molecule has 0 bridgehead atoms. The molecule has 1 N–H and O–H groups in total. The molecule has 0 aromatic carbocycles. The monoisotopic (exact) mass is 289 g/mol. The Bertz CT molecular complexity index is 491. The van der Waals surface area contributed by atoms with E-state index in [0.717, 1.165) is 25.3 Å². The van der Waals surface area contributed by atoms with Crippen LogP contribution in [-0.2, 0) is 6.54 Å². The number of rotatable bonds is 4. The van der Waals surface area contributed by atoms with Gasteiger partial charge in [0.05, 0.1) is 0 Å². The third-order valence-corrected chi connectivity index (χ3v) is 4.34. The van der Waals surface area contributed by atoms with Gasteiger partial charge in [0.1, 0.15) is 5.82 Å². The molecule has 1 fully saturated rings. The van der Waals surface area contributed by atoms with Crippen molar-refractivity contribution in [3.63, 3.8) is 0 Å². The minimum absolute atomic E-state index is 0.389. The normalized spacial score (nSPS) is 18.3. The highest BCUT2D eigenvalue weighted by atomic mass is 15.2. The van der Waals surface area contributed by atoms with E-state index in [1.807, 2.05) is 0 Å². The van der Waals surface area contributed by atoms with E-state index < -0.39 is 0 Å². The Morgan fingerprint density at radius 1 is 1.33 bits per heavy atom. The molecule has 1 aliphatic rings. The van der Waals surface area contributed by atoms with E-state index in [4.69, 9.17) is 4.98 Å². The van der Waals surface area contributed by atoms with Gasteiger partial charge in [0.25, 0.3) is 0 Å². The SMILES string of the molecule is Cc1cc(C)c(CNC(C)C)c(N2CCCC(C)(C)C2)n1. The molecule has 3 heteroatoms. The Kier molecular flexibility index (Phi) is 4.92. The molecular weight excluding hydrogens is 258 g/mol. The van der Waals surface area contributed by atoms with Crippen LogP contribution in [0.15, 0.2) is 6.07 Å². The van der Waals surface area contributed by atoms with Crippen LogP contribution < -0.4 is 10.2 Å². The van der Waals surface area contributed by atoms with Crippen LogP contribution in [0.4, 0.5) is 5.82 Å². The summed E-state index contributed by atoms with van der Waals surface area (Å²) >= 11 is 0. The number of nitrogens with zero attached hydrogens (tertiary/aromatic N) is 2. The van der Waals surface area contributed by atoms with Crippen LogP contribution in [0.3, 0.4) is 0 Å². The predicted octanol–water partition coefficient (Wildman–Crippen LogP) is 3.82. The van der Waals surface area contributed by atoms with Crippen LogP contribution in [0.5, 0.6) is 0 Å². The van der Waals surface area contributed by atoms with Crippen molar-refractivity contribution in [3.8, 4) is 0 Å². The first-order valence-electron chi connectivity index (χ1n) is 8.24. The topological polar surface area (TPSA) is 28.2 Å². The number of anilines is 1. The lowest BCUT2D eigenvalue weighted by atomic mass is 9.84. The molecule has 3 nitrogen and oxygen atoms in total. The first-order chi connectivity index (χ1) is 9.78. The molecule has 0 unspecified atom stereocenters. The zero-order valence-corrected chi connectivity index (χ0v) is 14.6. The molecule has 118 valence electrons. The molecule has 0 aliphatic carbocycles. The maximum absolute atomic E-state index is 4.89. The van der Waals surface area contributed by atoms with Gasteiger partial charge >= 0.3 is 0 Å². The summed E-state index contributed by atoms with van der Waals surface area (Å²) in [5, 5.41) is 3.56. The molecule has 1 saturated heterocycles. The summed E-state index contributed by atoms with van der Waals surface area (Å²) in [6.45, 7) is 16.6. The quantitative estimate of drug-likeness (QED) is 0.913. The number of hydrogen-bond acceptors (Lipinski definition) is 3. The van der Waals surface area contributed by atoms with Gasteiger partial charge < -0.3 is 10.2 Å². The van der Waals surface area contributed by atoms with E-state index in [1.165, 1.54) is 29.8 Å². The van der Waals surface area contributed by atoms with Crippen LogP contribution >= 0.6 is 0 Å². The summed E-state index contributed by atoms with van der Waals surface area (Å²) in [6, 6.07) is 2.70. The standard InChI is InChI=1S/C18H31N3/c1-13(2)19-11-16-14(3)10-15(4)20-17(16)21-9-7-8-18(5,6)12-21/h10,13,19H,7-9,11-12H2,1-6H3. The molecule has 0 atom stereocenters. The second-order valence-electron chi connectivity index (χ2n) is 7.61. The average molecular weight is 289 g/mol. The van der Waals surface area contributed by atoms with Crippen molar-refractivity contribution in [2.75, 3.05) is 18.0 Å². The van der Waals surface area contributed by atoms with E-state index in [1.54, 1.807) is 0 Å². The minimum Gasteiger partial charge on any atom is -0.356 e. The third-order valence-electron chi connectivity index (χ3n) is 4.34. The van der Waals surface area contributed by atoms with Gasteiger partial charge in [-0.2, -0.15) is 0 Å². The van der Waals surface area contributed by atoms with Crippen molar-refractivity contribution >= 4 is 5.82 Å². The van der Waals surface area contributed by atoms with Gasteiger partial charge in [-0.05, 0) is 43.7 Å². The fraction of sp³-hybridized carbons (Fsp3) is 0.722. The van der Waals surface area contributed by atoms with Crippen molar-refractivity contribution < 1.29 is 0 Å². The van der Waals surface area contributed by atoms with Crippen molar-refractivity contribution in [2.24, 2.45) is 5.41 Å². The number of pyridine rings is 1. The molecule has 2 heterocycles. The fourth-order valence-corrected chi connectivity index (χ4v) is 3.23. The fourth-order valence-electron chi connectivity index (χ4n) is 3.23. The van der Waals surface area contributed by atoms with Crippen LogP contribution in [0.1, 0.15) is 57.4 Å². The Morgan fingerprint density at radius 2 is 2.05 bits per heavy atom. The Hall–Kier alpha value is -1.09. The van der Waals surface area contributed by atoms with E-state index >= 15 is 0 Å². The van der Waals surface area contributed by atoms with E-state index in [0.29, 0.717) is 11.5 Å². The molecule has 0 spiro atoms. The van der Waals surface area contributed by atoms with Crippen molar-refractivity contribution in [3.05, 3.63) is 22.9 Å². The van der Waals surface area contributed by atoms with Crippen LogP contribution in [0, 0.1) is 19.3 Å². The zero-order chi connectivity index (χ0) is 15.6. The van der Waals surface area contributed by atoms with Crippen molar-refractivity contribution in [1.82, 2.24) is 10.3 Å². The Morgan fingerprint density at radius 3 is 2.67 bits per heavy atom. The van der Waals surface area contributed by atoms with Gasteiger partial charge in [-0.15, -0.1) is 0 Å². The van der Waals surface area contributed by atoms with E-state index in [-0.39, 0.29) is 0 Å². The Labute approximate surface area is 130 Å². The maximum Gasteiger partial charge on any atom is 0.133 e. The molecule has 2 rings (SSSR count). The summed E-state index contributed by atoms with van der Waals surface area (Å²) in [5.74, 6) is 1.20. The van der Waals surface area contributed by atoms with Crippen LogP contribution in [0.25, 0.3) is 0 Å². The molecule has 0 amide bonds. The second kappa shape index (κ2) is 6.35. The largest absolute Gasteiger partial charge is 0.356 e. The molecule has 1 aromatic rings. The summed E-state index contributed by atoms with van der Waals surface area (Å²) in [5.41, 5.74) is 4.24. The average Bonchev–Trinajstić information content (AvgIpc) is 2.35. The number of aryl methyl sites for hydroxylation is 2. The highest BCUT2D eigenvalue weighted by Gasteiger charge is 2.28. The van der Waals surface area contributed by atoms with Gasteiger partial charge in [0.2, 0.25) is 0 Å². The van der Waals surface area contributed by atoms with Gasteiger partial charge in [0.15, 0.2) is 0 Å². The number of piperidine rings is 1. The Balaban J connectivity index is 2.32. The number of hydrogen-bond donors (Lipinski definition) is 1. The van der Waals surface area contributed by atoms with Gasteiger partial charge in [0, 0.05) is 36.9 Å². The molecule has 0 radical (unpaired) electrons. The molecule has 21 heavy (non-hydrogen) atoms. The van der Waals surface area contributed by atoms with E-state index in [9.17, 15) is 0 Å². The van der Waals surface area contributed by atoms with Crippen molar-refractivity contribution in [2.45, 2.75) is 67.0 Å². The summed E-state index contributed by atoms with van der Waals surface area (Å²) < 4.78 is 0. The summed E-state index contributed by atoms with van der Waals surface area (Å²) in [6.07, 6.45) is 2.58. The van der Waals surface area contributed by atoms with E-state index in [2.05, 4.69) is 57.8 Å². The lowest BCUT2D eigenvalue weighted by molar-refractivity contribution is 0.291. The summed E-state index contributed by atoms with van der Waals surface area (Å²) in [4.78, 5) is 7.39. The first-order valence-corrected chi connectivity index (χ1v) is 8.24. The molecule has 0 saturated carbocycles. The predicted molar refractivity (Wildman–Crippen MR) is 90.9 cm³/mol. The van der Waals surface area contributed by atoms with Gasteiger partial charge in [-0.1, -0.05) is 27.7 Å². The molecular formula is C18H31N3. The third kappa shape index (κ3) is 4.19. The highest BCUT2D eigenvalue weighted by molar-refractivity contribution is 5.52. The highest BCUT2D eigenvalue weighted by Crippen LogP contribution is 2.33. The second-order valence-corrected chi connectivity index (χ2v) is 7.61. The maximum atomic E-state index is 4.89. The molecule has 1 aliphatic heterocycles. The van der Waals surface area contributed by atoms with Crippen LogP contribution in [0.2, 0.25) is 0 Å². The smallest absolute Gasteiger partial charge is 0.133 e. The van der Waals surface area contributed by atoms with Gasteiger partial charge in [-0.25, -0.2) is 4.98 Å². The minimum atomic E-state index is 0.389. The van der Waals surface area contributed by atoms with Gasteiger partial charge in [-0.3, -0.25) is 0 Å². The first kappa shape index (κ1) is 16.3. The lowest BCUT2D eigenvalue weighted by Crippen LogP contribution is -2.41. The lowest BCUT2D eigenvalue weighted by Gasteiger charge is -2.40. The molecule has 1 aromatic heterocycles. The number of aromatic nitrogens is 1. The van der Waals surface area contributed by atoms with Crippen molar-refractivity contribution in [1.29, 1.82) is 0 Å². The number of nitrogens with one attached hydrogen (secondary N) is 1. The van der Waals surface area contributed by atoms with Crippen LogP contribution in [-0.4, -0.2) is 24.1 Å². The summed E-state index contributed by atoms with van der Waals surface area (Å²) in [7, 11) is 0. The zero-order valence-electron chi connectivity index (χ0n) is 14.6.